The molecule has 3 heteroatoms. The van der Waals surface area contributed by atoms with Gasteiger partial charge in [0, 0.05) is 12.0 Å². The first-order valence-electron chi connectivity index (χ1n) is 5.26. The molecule has 2 heterocycles. The first-order chi connectivity index (χ1) is 7.19. The molecule has 0 saturated carbocycles. The standard InChI is InChI=1S/C12H14O3/c1-12-6-10(14-7-11(12)15-12)8-4-2-3-5-9(8)13/h2-5,10-11,13H,6-7H2,1H3. The molecule has 2 aliphatic rings. The lowest BCUT2D eigenvalue weighted by atomic mass is 9.93. The van der Waals surface area contributed by atoms with E-state index in [1.807, 2.05) is 18.2 Å². The summed E-state index contributed by atoms with van der Waals surface area (Å²) in [6.07, 6.45) is 1.06. The maximum atomic E-state index is 9.73. The SMILES string of the molecule is CC12CC(c3ccccc3O)OCC1O2. The van der Waals surface area contributed by atoms with Gasteiger partial charge in [0.05, 0.1) is 18.3 Å². The minimum Gasteiger partial charge on any atom is -0.508 e. The summed E-state index contributed by atoms with van der Waals surface area (Å²) >= 11 is 0. The molecule has 3 rings (SSSR count). The van der Waals surface area contributed by atoms with E-state index in [1.165, 1.54) is 0 Å². The van der Waals surface area contributed by atoms with E-state index in [0.717, 1.165) is 12.0 Å². The van der Waals surface area contributed by atoms with E-state index in [9.17, 15) is 5.11 Å². The predicted octanol–water partition coefficient (Wildman–Crippen LogP) is 2.01. The Morgan fingerprint density at radius 3 is 2.93 bits per heavy atom. The smallest absolute Gasteiger partial charge is 0.121 e. The summed E-state index contributed by atoms with van der Waals surface area (Å²) in [5.74, 6) is 0.310. The number of hydrogen-bond donors (Lipinski definition) is 1. The third-order valence-electron chi connectivity index (χ3n) is 3.36. The average Bonchev–Trinajstić information content (AvgIpc) is 2.89. The van der Waals surface area contributed by atoms with Crippen molar-refractivity contribution < 1.29 is 14.6 Å². The molecule has 3 nitrogen and oxygen atoms in total. The van der Waals surface area contributed by atoms with Gasteiger partial charge in [0.1, 0.15) is 11.9 Å². The topological polar surface area (TPSA) is 42.0 Å². The normalized spacial score (nSPS) is 38.5. The van der Waals surface area contributed by atoms with Crippen LogP contribution in [0.1, 0.15) is 25.0 Å². The summed E-state index contributed by atoms with van der Waals surface area (Å²) in [6, 6.07) is 7.34. The number of hydrogen-bond acceptors (Lipinski definition) is 3. The molecule has 2 aliphatic heterocycles. The maximum absolute atomic E-state index is 9.73. The third-order valence-corrected chi connectivity index (χ3v) is 3.36. The molecule has 1 aromatic carbocycles. The number of benzene rings is 1. The Morgan fingerprint density at radius 1 is 1.40 bits per heavy atom. The molecule has 15 heavy (non-hydrogen) atoms. The number of rotatable bonds is 1. The van der Waals surface area contributed by atoms with Crippen molar-refractivity contribution in [3.63, 3.8) is 0 Å². The van der Waals surface area contributed by atoms with Crippen molar-refractivity contribution in [3.8, 4) is 5.75 Å². The molecule has 1 N–H and O–H groups in total. The zero-order valence-electron chi connectivity index (χ0n) is 8.64. The van der Waals surface area contributed by atoms with Crippen LogP contribution >= 0.6 is 0 Å². The van der Waals surface area contributed by atoms with Crippen molar-refractivity contribution in [2.75, 3.05) is 6.61 Å². The fourth-order valence-electron chi connectivity index (χ4n) is 2.27. The van der Waals surface area contributed by atoms with Crippen LogP contribution in [-0.4, -0.2) is 23.4 Å². The van der Waals surface area contributed by atoms with Crippen molar-refractivity contribution >= 4 is 0 Å². The summed E-state index contributed by atoms with van der Waals surface area (Å²) in [6.45, 7) is 2.74. The highest BCUT2D eigenvalue weighted by Crippen LogP contribution is 2.49. The van der Waals surface area contributed by atoms with E-state index < -0.39 is 0 Å². The second-order valence-corrected chi connectivity index (χ2v) is 4.50. The molecule has 0 bridgehead atoms. The van der Waals surface area contributed by atoms with Crippen LogP contribution in [-0.2, 0) is 9.47 Å². The summed E-state index contributed by atoms with van der Waals surface area (Å²) in [7, 11) is 0. The highest BCUT2D eigenvalue weighted by atomic mass is 16.6. The quantitative estimate of drug-likeness (QED) is 0.715. The van der Waals surface area contributed by atoms with Crippen molar-refractivity contribution in [1.29, 1.82) is 0 Å². The van der Waals surface area contributed by atoms with Crippen LogP contribution in [0, 0.1) is 0 Å². The van der Waals surface area contributed by atoms with Crippen molar-refractivity contribution in [1.82, 2.24) is 0 Å². The third kappa shape index (κ3) is 1.43. The Morgan fingerprint density at radius 2 is 2.20 bits per heavy atom. The molecule has 2 saturated heterocycles. The number of ether oxygens (including phenoxy) is 2. The van der Waals surface area contributed by atoms with Crippen molar-refractivity contribution in [2.24, 2.45) is 0 Å². The van der Waals surface area contributed by atoms with Crippen LogP contribution in [0.25, 0.3) is 0 Å². The summed E-state index contributed by atoms with van der Waals surface area (Å²) in [5.41, 5.74) is 0.846. The van der Waals surface area contributed by atoms with Gasteiger partial charge < -0.3 is 14.6 Å². The predicted molar refractivity (Wildman–Crippen MR) is 54.7 cm³/mol. The minimum atomic E-state index is -0.0325. The maximum Gasteiger partial charge on any atom is 0.121 e. The van der Waals surface area contributed by atoms with Gasteiger partial charge in [-0.1, -0.05) is 18.2 Å². The van der Waals surface area contributed by atoms with Crippen LogP contribution < -0.4 is 0 Å². The second-order valence-electron chi connectivity index (χ2n) is 4.50. The Balaban J connectivity index is 1.86. The highest BCUT2D eigenvalue weighted by Gasteiger charge is 2.56. The van der Waals surface area contributed by atoms with Gasteiger partial charge in [-0.2, -0.15) is 0 Å². The number of para-hydroxylation sites is 1. The molecule has 80 valence electrons. The van der Waals surface area contributed by atoms with Gasteiger partial charge in [-0.3, -0.25) is 0 Å². The number of phenols is 1. The van der Waals surface area contributed by atoms with Gasteiger partial charge in [-0.25, -0.2) is 0 Å². The van der Waals surface area contributed by atoms with Gasteiger partial charge >= 0.3 is 0 Å². The Kier molecular flexibility index (Phi) is 1.82. The van der Waals surface area contributed by atoms with Crippen molar-refractivity contribution in [2.45, 2.75) is 31.2 Å². The fraction of sp³-hybridized carbons (Fsp3) is 0.500. The van der Waals surface area contributed by atoms with E-state index in [1.54, 1.807) is 6.07 Å². The molecule has 3 atom stereocenters. The highest BCUT2D eigenvalue weighted by molar-refractivity contribution is 5.34. The van der Waals surface area contributed by atoms with Gasteiger partial charge in [-0.05, 0) is 13.0 Å². The molecule has 0 radical (unpaired) electrons. The molecule has 0 aliphatic carbocycles. The number of aromatic hydroxyl groups is 1. The van der Waals surface area contributed by atoms with Crippen LogP contribution in [0.4, 0.5) is 0 Å². The van der Waals surface area contributed by atoms with E-state index in [2.05, 4.69) is 6.92 Å². The van der Waals surface area contributed by atoms with Gasteiger partial charge in [0.15, 0.2) is 0 Å². The van der Waals surface area contributed by atoms with Crippen LogP contribution in [0.2, 0.25) is 0 Å². The van der Waals surface area contributed by atoms with Gasteiger partial charge in [0.2, 0.25) is 0 Å². The summed E-state index contributed by atoms with van der Waals surface area (Å²) in [5, 5.41) is 9.73. The summed E-state index contributed by atoms with van der Waals surface area (Å²) < 4.78 is 11.2. The molecule has 0 amide bonds. The lowest BCUT2D eigenvalue weighted by Crippen LogP contribution is -2.26. The first-order valence-corrected chi connectivity index (χ1v) is 5.26. The molecule has 2 fully saturated rings. The monoisotopic (exact) mass is 206 g/mol. The van der Waals surface area contributed by atoms with Crippen LogP contribution in [0.15, 0.2) is 24.3 Å². The Bertz CT molecular complexity index is 390. The van der Waals surface area contributed by atoms with Crippen LogP contribution in [0.5, 0.6) is 5.75 Å². The van der Waals surface area contributed by atoms with E-state index >= 15 is 0 Å². The van der Waals surface area contributed by atoms with E-state index in [4.69, 9.17) is 9.47 Å². The number of phenolic OH excluding ortho intramolecular Hbond substituents is 1. The van der Waals surface area contributed by atoms with Gasteiger partial charge in [-0.15, -0.1) is 0 Å². The average molecular weight is 206 g/mol. The lowest BCUT2D eigenvalue weighted by molar-refractivity contribution is 0.0168. The molecule has 0 aromatic heterocycles. The first kappa shape index (κ1) is 9.19. The second kappa shape index (κ2) is 2.97. The van der Waals surface area contributed by atoms with Crippen molar-refractivity contribution in [3.05, 3.63) is 29.8 Å². The minimum absolute atomic E-state index is 0.0226. The largest absolute Gasteiger partial charge is 0.508 e. The van der Waals surface area contributed by atoms with E-state index in [0.29, 0.717) is 12.4 Å². The van der Waals surface area contributed by atoms with Gasteiger partial charge in [0.25, 0.3) is 0 Å². The number of fused-ring (bicyclic) bond motifs is 1. The summed E-state index contributed by atoms with van der Waals surface area (Å²) in [4.78, 5) is 0. The molecule has 3 unspecified atom stereocenters. The molecule has 1 aromatic rings. The fourth-order valence-corrected chi connectivity index (χ4v) is 2.27. The zero-order valence-corrected chi connectivity index (χ0v) is 8.64. The number of epoxide rings is 1. The molecule has 0 spiro atoms. The molecular formula is C12H14O3. The zero-order chi connectivity index (χ0) is 10.5. The lowest BCUT2D eigenvalue weighted by Gasteiger charge is -2.24. The van der Waals surface area contributed by atoms with E-state index in [-0.39, 0.29) is 17.8 Å². The van der Waals surface area contributed by atoms with Crippen LogP contribution in [0.3, 0.4) is 0 Å². The molecular weight excluding hydrogens is 192 g/mol. The Hall–Kier alpha value is -1.06. The Labute approximate surface area is 88.6 Å².